The number of nitrogens with zero attached hydrogens (tertiary/aromatic N) is 5. The summed E-state index contributed by atoms with van der Waals surface area (Å²) in [6, 6.07) is 16.2. The van der Waals surface area contributed by atoms with E-state index >= 15 is 0 Å². The van der Waals surface area contributed by atoms with Gasteiger partial charge in [-0.05, 0) is 43.3 Å². The van der Waals surface area contributed by atoms with Crippen LogP contribution in [0.2, 0.25) is 0 Å². The molecule has 0 saturated carbocycles. The number of pyridine rings is 2. The highest BCUT2D eigenvalue weighted by Crippen LogP contribution is 2.30. The average Bonchev–Trinajstić information content (AvgIpc) is 2.93. The number of benzene rings is 1. The van der Waals surface area contributed by atoms with Crippen molar-refractivity contribution >= 4 is 11.6 Å². The Bertz CT molecular complexity index is 1430. The fourth-order valence-corrected chi connectivity index (χ4v) is 4.38. The van der Waals surface area contributed by atoms with Crippen molar-refractivity contribution in [2.75, 3.05) is 32.8 Å². The lowest BCUT2D eigenvalue weighted by Gasteiger charge is -2.34. The maximum absolute atomic E-state index is 13.2. The van der Waals surface area contributed by atoms with Crippen LogP contribution in [0.4, 0.5) is 0 Å². The summed E-state index contributed by atoms with van der Waals surface area (Å²) in [4.78, 5) is 38.4. The van der Waals surface area contributed by atoms with E-state index in [0.717, 1.165) is 11.3 Å². The molecule has 1 amide bonds. The zero-order chi connectivity index (χ0) is 25.6. The summed E-state index contributed by atoms with van der Waals surface area (Å²) in [6.45, 7) is 5.88. The monoisotopic (exact) mass is 499 g/mol. The fourth-order valence-electron chi connectivity index (χ4n) is 4.38. The molecule has 1 saturated heterocycles. The van der Waals surface area contributed by atoms with Gasteiger partial charge in [-0.2, -0.15) is 0 Å². The first-order valence-corrected chi connectivity index (χ1v) is 12.4. The van der Waals surface area contributed by atoms with Gasteiger partial charge in [0.15, 0.2) is 11.5 Å². The summed E-state index contributed by atoms with van der Waals surface area (Å²) in [5.41, 5.74) is 2.80. The minimum atomic E-state index is -0.0904. The van der Waals surface area contributed by atoms with Crippen LogP contribution in [0, 0.1) is 0 Å². The number of rotatable bonds is 8. The Morgan fingerprint density at radius 1 is 0.973 bits per heavy atom. The van der Waals surface area contributed by atoms with Gasteiger partial charge in [-0.3, -0.25) is 23.9 Å². The fraction of sp³-hybridized carbons (Fsp3) is 0.286. The Hall–Kier alpha value is -4.24. The minimum absolute atomic E-state index is 0.0403. The van der Waals surface area contributed by atoms with Crippen LogP contribution in [0.15, 0.2) is 78.0 Å². The van der Waals surface area contributed by atoms with Crippen LogP contribution in [-0.2, 0) is 13.2 Å². The first-order valence-electron chi connectivity index (χ1n) is 12.4. The van der Waals surface area contributed by atoms with Gasteiger partial charge in [-0.15, -0.1) is 0 Å². The molecule has 9 nitrogen and oxygen atoms in total. The first kappa shape index (κ1) is 24.5. The largest absolute Gasteiger partial charge is 0.490 e. The maximum Gasteiger partial charge on any atom is 0.258 e. The summed E-state index contributed by atoms with van der Waals surface area (Å²) >= 11 is 0. The summed E-state index contributed by atoms with van der Waals surface area (Å²) in [6.07, 6.45) is 5.19. The number of hydrogen-bond acceptors (Lipinski definition) is 7. The van der Waals surface area contributed by atoms with Crippen molar-refractivity contribution in [1.82, 2.24) is 24.2 Å². The van der Waals surface area contributed by atoms with Crippen LogP contribution in [0.3, 0.4) is 0 Å². The van der Waals surface area contributed by atoms with E-state index in [0.29, 0.717) is 68.6 Å². The summed E-state index contributed by atoms with van der Waals surface area (Å²) in [5, 5.41) is 0. The van der Waals surface area contributed by atoms with Crippen molar-refractivity contribution in [3.8, 4) is 11.5 Å². The SMILES string of the molecule is CCOc1cc(C(=O)N2CCN(Cc3cc(=O)n4ccccc4n3)CC2)ccc1OCc1cccnc1. The third-order valence-corrected chi connectivity index (χ3v) is 6.28. The predicted octanol–water partition coefficient (Wildman–Crippen LogP) is 3.03. The van der Waals surface area contributed by atoms with Crippen molar-refractivity contribution in [2.24, 2.45) is 0 Å². The molecule has 1 aliphatic heterocycles. The van der Waals surface area contributed by atoms with Gasteiger partial charge in [0.05, 0.1) is 12.3 Å². The molecular formula is C28H29N5O4. The standard InChI is InChI=1S/C28H29N5O4/c1-2-36-25-16-22(8-9-24(25)37-20-21-6-5-10-29-18-21)28(35)32-14-12-31(13-15-32)19-23-17-27(34)33-11-4-3-7-26(33)30-23/h3-11,16-18H,2,12-15,19-20H2,1H3. The van der Waals surface area contributed by atoms with Gasteiger partial charge in [-0.25, -0.2) is 4.98 Å². The Morgan fingerprint density at radius 3 is 2.62 bits per heavy atom. The second-order valence-electron chi connectivity index (χ2n) is 8.83. The Balaban J connectivity index is 1.21. The molecule has 0 atom stereocenters. The zero-order valence-electron chi connectivity index (χ0n) is 20.7. The molecule has 1 aliphatic rings. The van der Waals surface area contributed by atoms with Crippen LogP contribution in [-0.4, -0.2) is 62.9 Å². The number of carbonyl (C=O) groups is 1. The smallest absolute Gasteiger partial charge is 0.258 e. The predicted molar refractivity (Wildman–Crippen MR) is 139 cm³/mol. The van der Waals surface area contributed by atoms with Crippen LogP contribution in [0.1, 0.15) is 28.5 Å². The zero-order valence-corrected chi connectivity index (χ0v) is 20.7. The molecule has 5 rings (SSSR count). The molecule has 4 heterocycles. The second-order valence-corrected chi connectivity index (χ2v) is 8.83. The summed E-state index contributed by atoms with van der Waals surface area (Å²) < 4.78 is 13.2. The lowest BCUT2D eigenvalue weighted by molar-refractivity contribution is 0.0626. The molecule has 0 radical (unpaired) electrons. The topological polar surface area (TPSA) is 89.3 Å². The normalized spacial score (nSPS) is 14.0. The van der Waals surface area contributed by atoms with E-state index in [4.69, 9.17) is 9.47 Å². The minimum Gasteiger partial charge on any atom is -0.490 e. The molecule has 37 heavy (non-hydrogen) atoms. The highest BCUT2D eigenvalue weighted by atomic mass is 16.5. The van der Waals surface area contributed by atoms with Gasteiger partial charge >= 0.3 is 0 Å². The van der Waals surface area contributed by atoms with Gasteiger partial charge in [0.1, 0.15) is 12.3 Å². The summed E-state index contributed by atoms with van der Waals surface area (Å²) in [5.74, 6) is 1.09. The Labute approximate surface area is 214 Å². The van der Waals surface area contributed by atoms with E-state index < -0.39 is 0 Å². The van der Waals surface area contributed by atoms with Gasteiger partial charge < -0.3 is 14.4 Å². The molecule has 0 bridgehead atoms. The van der Waals surface area contributed by atoms with Crippen LogP contribution >= 0.6 is 0 Å². The van der Waals surface area contributed by atoms with Crippen molar-refractivity contribution in [2.45, 2.75) is 20.1 Å². The molecule has 0 N–H and O–H groups in total. The van der Waals surface area contributed by atoms with E-state index in [9.17, 15) is 9.59 Å². The van der Waals surface area contributed by atoms with Gasteiger partial charge in [0.2, 0.25) is 0 Å². The van der Waals surface area contributed by atoms with Gasteiger partial charge in [0, 0.05) is 68.5 Å². The molecule has 9 heteroatoms. The van der Waals surface area contributed by atoms with Crippen molar-refractivity contribution in [3.63, 3.8) is 0 Å². The van der Waals surface area contributed by atoms with Crippen molar-refractivity contribution in [1.29, 1.82) is 0 Å². The lowest BCUT2D eigenvalue weighted by atomic mass is 10.1. The molecule has 1 aromatic carbocycles. The molecule has 3 aromatic heterocycles. The van der Waals surface area contributed by atoms with Gasteiger partial charge in [0.25, 0.3) is 11.5 Å². The third-order valence-electron chi connectivity index (χ3n) is 6.28. The molecule has 0 aliphatic carbocycles. The second kappa shape index (κ2) is 11.2. The number of carbonyl (C=O) groups excluding carboxylic acids is 1. The highest BCUT2D eigenvalue weighted by molar-refractivity contribution is 5.95. The molecule has 0 unspecified atom stereocenters. The Morgan fingerprint density at radius 2 is 1.84 bits per heavy atom. The third kappa shape index (κ3) is 5.78. The molecular weight excluding hydrogens is 470 g/mol. The number of amides is 1. The molecule has 4 aromatic rings. The highest BCUT2D eigenvalue weighted by Gasteiger charge is 2.23. The lowest BCUT2D eigenvalue weighted by Crippen LogP contribution is -2.48. The number of hydrogen-bond donors (Lipinski definition) is 0. The van der Waals surface area contributed by atoms with Gasteiger partial charge in [-0.1, -0.05) is 12.1 Å². The van der Waals surface area contributed by atoms with E-state index in [1.807, 2.05) is 42.2 Å². The maximum atomic E-state index is 13.2. The van der Waals surface area contributed by atoms with Crippen molar-refractivity contribution < 1.29 is 14.3 Å². The van der Waals surface area contributed by atoms with E-state index in [1.54, 1.807) is 42.9 Å². The van der Waals surface area contributed by atoms with Crippen LogP contribution in [0.25, 0.3) is 5.65 Å². The molecule has 190 valence electrons. The van der Waals surface area contributed by atoms with E-state index in [2.05, 4.69) is 14.9 Å². The molecule has 1 fully saturated rings. The van der Waals surface area contributed by atoms with E-state index in [1.165, 1.54) is 4.40 Å². The van der Waals surface area contributed by atoms with Crippen LogP contribution < -0.4 is 15.0 Å². The first-order chi connectivity index (χ1) is 18.1. The number of fused-ring (bicyclic) bond motifs is 1. The number of piperazine rings is 1. The Kier molecular flexibility index (Phi) is 7.41. The average molecular weight is 500 g/mol. The van der Waals surface area contributed by atoms with Crippen LogP contribution in [0.5, 0.6) is 11.5 Å². The number of aromatic nitrogens is 3. The van der Waals surface area contributed by atoms with E-state index in [-0.39, 0.29) is 11.5 Å². The molecule has 0 spiro atoms. The summed E-state index contributed by atoms with van der Waals surface area (Å²) in [7, 11) is 0. The van der Waals surface area contributed by atoms with Crippen molar-refractivity contribution in [3.05, 3.63) is 100 Å². The quantitative estimate of drug-likeness (QED) is 0.368. The number of ether oxygens (including phenoxy) is 2.